The molecule has 0 aliphatic rings. The molecule has 3 N–H and O–H groups in total. The third-order valence-corrected chi connectivity index (χ3v) is 4.88. The molecular weight excluding hydrogens is 443 g/mol. The topological polar surface area (TPSA) is 116 Å². The fourth-order valence-corrected chi connectivity index (χ4v) is 3.03. The van der Waals surface area contributed by atoms with E-state index in [9.17, 15) is 18.8 Å². The van der Waals surface area contributed by atoms with Crippen LogP contribution >= 0.6 is 0 Å². The Labute approximate surface area is 198 Å². The number of hydrogen-bond donors (Lipinski definition) is 3. The van der Waals surface area contributed by atoms with Crippen molar-refractivity contribution in [3.8, 4) is 11.5 Å². The number of ether oxygens (including phenoxy) is 1. The molecule has 2 aromatic rings. The van der Waals surface area contributed by atoms with Crippen LogP contribution in [0.25, 0.3) is 0 Å². The number of nitrogens with one attached hydrogen (secondary N) is 3. The number of rotatable bonds is 10. The zero-order valence-corrected chi connectivity index (χ0v) is 19.9. The van der Waals surface area contributed by atoms with Crippen molar-refractivity contribution in [2.45, 2.75) is 27.2 Å². The third kappa shape index (κ3) is 8.66. The summed E-state index contributed by atoms with van der Waals surface area (Å²) in [5.41, 5.74) is 0.148. The van der Waals surface area contributed by atoms with Gasteiger partial charge < -0.3 is 19.9 Å². The lowest BCUT2D eigenvalue weighted by molar-refractivity contribution is -0.117. The number of carbonyl (C=O) groups excluding carboxylic acids is 3. The number of hydrogen-bond acceptors (Lipinski definition) is 6. The van der Waals surface area contributed by atoms with Gasteiger partial charge in [-0.15, -0.1) is 0 Å². The molecule has 0 bridgehead atoms. The van der Waals surface area contributed by atoms with E-state index in [0.717, 1.165) is 32.1 Å². The molecule has 0 fully saturated rings. The second-order valence-electron chi connectivity index (χ2n) is 7.49. The fraction of sp³-hybridized carbons (Fsp3) is 0.391. The monoisotopic (exact) mass is 474 g/mol. The first kappa shape index (κ1) is 26.5. The molecule has 5 amide bonds. The quantitative estimate of drug-likeness (QED) is 0.481. The Kier molecular flexibility index (Phi) is 10.2. The SMILES string of the molecule is CCN(CC)CCCN(C)C(=O)Nc1cc(Oc2ccc(NC(=O)NC(C)=O)cc2F)ccn1. The van der Waals surface area contributed by atoms with Gasteiger partial charge >= 0.3 is 12.1 Å². The van der Waals surface area contributed by atoms with E-state index < -0.39 is 17.8 Å². The molecule has 0 spiro atoms. The summed E-state index contributed by atoms with van der Waals surface area (Å²) in [7, 11) is 1.71. The minimum atomic E-state index is -0.770. The normalized spacial score (nSPS) is 10.5. The Morgan fingerprint density at radius 2 is 1.79 bits per heavy atom. The average molecular weight is 475 g/mol. The van der Waals surface area contributed by atoms with Gasteiger partial charge in [0, 0.05) is 44.5 Å². The summed E-state index contributed by atoms with van der Waals surface area (Å²) in [6.07, 6.45) is 2.29. The number of pyridine rings is 1. The van der Waals surface area contributed by atoms with Gasteiger partial charge in [0.1, 0.15) is 11.6 Å². The summed E-state index contributed by atoms with van der Waals surface area (Å²) in [6, 6.07) is 5.74. The van der Waals surface area contributed by atoms with Crippen molar-refractivity contribution in [3.05, 3.63) is 42.3 Å². The molecule has 1 heterocycles. The number of aromatic nitrogens is 1. The summed E-state index contributed by atoms with van der Waals surface area (Å²) < 4.78 is 20.0. The van der Waals surface area contributed by atoms with Crippen LogP contribution in [0.4, 0.5) is 25.5 Å². The van der Waals surface area contributed by atoms with Crippen LogP contribution in [-0.2, 0) is 4.79 Å². The molecule has 0 aliphatic carbocycles. The number of carbonyl (C=O) groups is 3. The van der Waals surface area contributed by atoms with Crippen LogP contribution in [0.1, 0.15) is 27.2 Å². The van der Waals surface area contributed by atoms with Crippen LogP contribution in [0.2, 0.25) is 0 Å². The number of imide groups is 1. The Morgan fingerprint density at radius 1 is 1.06 bits per heavy atom. The number of halogens is 1. The molecular formula is C23H31FN6O4. The number of amides is 5. The van der Waals surface area contributed by atoms with E-state index in [1.54, 1.807) is 11.9 Å². The smallest absolute Gasteiger partial charge is 0.325 e. The number of anilines is 2. The zero-order valence-electron chi connectivity index (χ0n) is 19.9. The van der Waals surface area contributed by atoms with Gasteiger partial charge in [0.15, 0.2) is 11.6 Å². The highest BCUT2D eigenvalue weighted by molar-refractivity contribution is 6.00. The van der Waals surface area contributed by atoms with Gasteiger partial charge in [0.05, 0.1) is 0 Å². The fourth-order valence-electron chi connectivity index (χ4n) is 3.03. The number of urea groups is 2. The van der Waals surface area contributed by atoms with E-state index in [1.807, 2.05) is 5.32 Å². The molecule has 11 heteroatoms. The second kappa shape index (κ2) is 13.1. The van der Waals surface area contributed by atoms with Crippen molar-refractivity contribution in [1.29, 1.82) is 0 Å². The van der Waals surface area contributed by atoms with Crippen molar-refractivity contribution in [1.82, 2.24) is 20.1 Å². The first-order valence-electron chi connectivity index (χ1n) is 11.0. The summed E-state index contributed by atoms with van der Waals surface area (Å²) in [5.74, 6) is -0.823. The molecule has 0 radical (unpaired) electrons. The predicted octanol–water partition coefficient (Wildman–Crippen LogP) is 3.88. The number of benzene rings is 1. The van der Waals surface area contributed by atoms with Crippen molar-refractivity contribution in [2.75, 3.05) is 43.9 Å². The van der Waals surface area contributed by atoms with Gasteiger partial charge in [-0.2, -0.15) is 0 Å². The molecule has 1 aromatic heterocycles. The maximum Gasteiger partial charge on any atom is 0.325 e. The minimum absolute atomic E-state index is 0.0884. The van der Waals surface area contributed by atoms with Crippen molar-refractivity contribution >= 4 is 29.5 Å². The van der Waals surface area contributed by atoms with Gasteiger partial charge in [-0.1, -0.05) is 13.8 Å². The molecule has 184 valence electrons. The molecule has 0 saturated heterocycles. The highest BCUT2D eigenvalue weighted by Gasteiger charge is 2.12. The van der Waals surface area contributed by atoms with Gasteiger partial charge in [0.25, 0.3) is 0 Å². The van der Waals surface area contributed by atoms with Crippen molar-refractivity contribution in [3.63, 3.8) is 0 Å². The largest absolute Gasteiger partial charge is 0.454 e. The second-order valence-corrected chi connectivity index (χ2v) is 7.49. The van der Waals surface area contributed by atoms with Crippen LogP contribution in [0, 0.1) is 5.82 Å². The van der Waals surface area contributed by atoms with E-state index in [2.05, 4.69) is 34.4 Å². The minimum Gasteiger partial charge on any atom is -0.454 e. The van der Waals surface area contributed by atoms with Gasteiger partial charge in [0.2, 0.25) is 5.91 Å². The van der Waals surface area contributed by atoms with E-state index >= 15 is 0 Å². The lowest BCUT2D eigenvalue weighted by Crippen LogP contribution is -2.34. The molecule has 10 nitrogen and oxygen atoms in total. The average Bonchev–Trinajstić information content (AvgIpc) is 2.78. The van der Waals surface area contributed by atoms with Gasteiger partial charge in [-0.05, 0) is 44.3 Å². The first-order valence-corrected chi connectivity index (χ1v) is 11.0. The molecule has 0 aliphatic heterocycles. The van der Waals surface area contributed by atoms with Crippen LogP contribution in [-0.4, -0.2) is 66.0 Å². The van der Waals surface area contributed by atoms with Crippen LogP contribution in [0.15, 0.2) is 36.5 Å². The maximum atomic E-state index is 14.4. The summed E-state index contributed by atoms with van der Waals surface area (Å²) in [6.45, 7) is 8.84. The van der Waals surface area contributed by atoms with Gasteiger partial charge in [-0.3, -0.25) is 15.4 Å². The lowest BCUT2D eigenvalue weighted by atomic mass is 10.3. The summed E-state index contributed by atoms with van der Waals surface area (Å²) in [5, 5.41) is 7.07. The van der Waals surface area contributed by atoms with E-state index in [1.165, 1.54) is 37.4 Å². The predicted molar refractivity (Wildman–Crippen MR) is 128 cm³/mol. The van der Waals surface area contributed by atoms with Crippen LogP contribution in [0.5, 0.6) is 11.5 Å². The Bertz CT molecular complexity index is 999. The van der Waals surface area contributed by atoms with Crippen molar-refractivity contribution < 1.29 is 23.5 Å². The Hall–Kier alpha value is -3.73. The maximum absolute atomic E-state index is 14.4. The van der Waals surface area contributed by atoms with Crippen LogP contribution in [0.3, 0.4) is 0 Å². The Balaban J connectivity index is 1.94. The standard InChI is InChI=1S/C23H31FN6O4/c1-5-30(6-2)13-7-12-29(4)23(33)28-21-15-18(10-11-25-21)34-20-9-8-17(14-19(20)24)27-22(32)26-16(3)31/h8-11,14-15H,5-7,12-13H2,1-4H3,(H,25,28,33)(H2,26,27,31,32). The highest BCUT2D eigenvalue weighted by Crippen LogP contribution is 2.27. The molecule has 0 atom stereocenters. The zero-order chi connectivity index (χ0) is 25.1. The van der Waals surface area contributed by atoms with Crippen molar-refractivity contribution in [2.24, 2.45) is 0 Å². The third-order valence-electron chi connectivity index (χ3n) is 4.88. The molecule has 34 heavy (non-hydrogen) atoms. The first-order chi connectivity index (χ1) is 16.2. The molecule has 0 unspecified atom stereocenters. The van der Waals surface area contributed by atoms with Crippen LogP contribution < -0.4 is 20.7 Å². The highest BCUT2D eigenvalue weighted by atomic mass is 19.1. The van der Waals surface area contributed by atoms with E-state index in [4.69, 9.17) is 4.74 Å². The van der Waals surface area contributed by atoms with E-state index in [-0.39, 0.29) is 29.0 Å². The molecule has 2 rings (SSSR count). The molecule has 1 aromatic carbocycles. The van der Waals surface area contributed by atoms with E-state index in [0.29, 0.717) is 6.54 Å². The number of nitrogens with zero attached hydrogens (tertiary/aromatic N) is 3. The molecule has 0 saturated carbocycles. The summed E-state index contributed by atoms with van der Waals surface area (Å²) >= 11 is 0. The Morgan fingerprint density at radius 3 is 2.44 bits per heavy atom. The van der Waals surface area contributed by atoms with Gasteiger partial charge in [-0.25, -0.2) is 19.0 Å². The lowest BCUT2D eigenvalue weighted by Gasteiger charge is -2.21. The summed E-state index contributed by atoms with van der Waals surface area (Å²) in [4.78, 5) is 42.9.